The molecule has 0 aromatic carbocycles. The van der Waals surface area contributed by atoms with Crippen LogP contribution >= 0.6 is 0 Å². The highest BCUT2D eigenvalue weighted by atomic mass is 16.6. The van der Waals surface area contributed by atoms with E-state index in [2.05, 4.69) is 9.47 Å². The van der Waals surface area contributed by atoms with Crippen LogP contribution in [0.3, 0.4) is 0 Å². The number of hydrogen-bond donors (Lipinski definition) is 1. The van der Waals surface area contributed by atoms with E-state index in [1.807, 2.05) is 0 Å². The number of aliphatic hydroxyl groups is 1. The van der Waals surface area contributed by atoms with Crippen LogP contribution in [-0.2, 0) is 14.3 Å². The van der Waals surface area contributed by atoms with Crippen molar-refractivity contribution in [3.05, 3.63) is 0 Å². The molecule has 0 amide bonds. The van der Waals surface area contributed by atoms with Gasteiger partial charge in [0, 0.05) is 14.0 Å². The zero-order chi connectivity index (χ0) is 7.98. The highest BCUT2D eigenvalue weighted by Crippen LogP contribution is 1.91. The summed E-state index contributed by atoms with van der Waals surface area (Å²) in [6.45, 7) is 1.32. The predicted octanol–water partition coefficient (Wildman–Crippen LogP) is -0.443. The number of rotatable bonds is 4. The third-order valence-corrected chi connectivity index (χ3v) is 0.889. The summed E-state index contributed by atoms with van der Waals surface area (Å²) >= 11 is 0. The molecule has 0 heterocycles. The minimum atomic E-state index is -0.525. The lowest BCUT2D eigenvalue weighted by Crippen LogP contribution is -2.25. The zero-order valence-electron chi connectivity index (χ0n) is 6.16. The second-order valence-corrected chi connectivity index (χ2v) is 1.87. The van der Waals surface area contributed by atoms with Gasteiger partial charge in [-0.25, -0.2) is 0 Å². The van der Waals surface area contributed by atoms with Crippen molar-refractivity contribution in [2.75, 3.05) is 20.3 Å². The molecule has 0 rings (SSSR count). The van der Waals surface area contributed by atoms with Crippen molar-refractivity contribution in [2.45, 2.75) is 13.0 Å². The van der Waals surface area contributed by atoms with Gasteiger partial charge in [-0.05, 0) is 0 Å². The molecule has 0 saturated heterocycles. The molecule has 1 unspecified atom stereocenters. The molecule has 0 aliphatic heterocycles. The Morgan fingerprint density at radius 1 is 1.70 bits per heavy atom. The molecule has 0 spiro atoms. The topological polar surface area (TPSA) is 55.8 Å². The monoisotopic (exact) mass is 148 g/mol. The lowest BCUT2D eigenvalue weighted by molar-refractivity contribution is -0.151. The molecule has 1 atom stereocenters. The van der Waals surface area contributed by atoms with Crippen molar-refractivity contribution in [1.82, 2.24) is 0 Å². The van der Waals surface area contributed by atoms with Crippen LogP contribution in [-0.4, -0.2) is 37.5 Å². The maximum Gasteiger partial charge on any atom is 0.303 e. The molecule has 60 valence electrons. The van der Waals surface area contributed by atoms with Gasteiger partial charge >= 0.3 is 5.97 Å². The van der Waals surface area contributed by atoms with E-state index < -0.39 is 12.1 Å². The standard InChI is InChI=1S/C6H12O4/c1-5(8)10-6(3-7)4-9-2/h6-7H,3-4H2,1-2H3. The Labute approximate surface area is 59.7 Å². The molecule has 1 N–H and O–H groups in total. The van der Waals surface area contributed by atoms with Gasteiger partial charge in [-0.1, -0.05) is 0 Å². The second kappa shape index (κ2) is 5.20. The average molecular weight is 148 g/mol. The van der Waals surface area contributed by atoms with Crippen LogP contribution in [0.15, 0.2) is 0 Å². The minimum absolute atomic E-state index is 0.201. The summed E-state index contributed by atoms with van der Waals surface area (Å²) in [6.07, 6.45) is -0.525. The average Bonchev–Trinajstić information content (AvgIpc) is 1.86. The Bertz CT molecular complexity index is 102. The van der Waals surface area contributed by atoms with Gasteiger partial charge in [0.2, 0.25) is 0 Å². The molecule has 4 nitrogen and oxygen atoms in total. The summed E-state index contributed by atoms with van der Waals surface area (Å²) in [4.78, 5) is 10.3. The maximum atomic E-state index is 10.3. The number of carbonyl (C=O) groups excluding carboxylic acids is 1. The molecule has 0 saturated carbocycles. The number of aliphatic hydroxyl groups excluding tert-OH is 1. The van der Waals surface area contributed by atoms with Crippen molar-refractivity contribution in [1.29, 1.82) is 0 Å². The first-order valence-electron chi connectivity index (χ1n) is 2.97. The molecule has 0 aromatic heterocycles. The number of hydrogen-bond acceptors (Lipinski definition) is 4. The zero-order valence-corrected chi connectivity index (χ0v) is 6.16. The van der Waals surface area contributed by atoms with Crippen LogP contribution in [0.5, 0.6) is 0 Å². The summed E-state index contributed by atoms with van der Waals surface area (Å²) in [5.74, 6) is -0.406. The molecule has 10 heavy (non-hydrogen) atoms. The van der Waals surface area contributed by atoms with Crippen molar-refractivity contribution < 1.29 is 19.4 Å². The Balaban J connectivity index is 3.49. The van der Waals surface area contributed by atoms with E-state index in [1.165, 1.54) is 14.0 Å². The van der Waals surface area contributed by atoms with Crippen molar-refractivity contribution in [3.63, 3.8) is 0 Å². The molecular weight excluding hydrogens is 136 g/mol. The van der Waals surface area contributed by atoms with E-state index in [1.54, 1.807) is 0 Å². The van der Waals surface area contributed by atoms with Crippen LogP contribution in [0.1, 0.15) is 6.92 Å². The number of methoxy groups -OCH3 is 1. The number of carbonyl (C=O) groups is 1. The van der Waals surface area contributed by atoms with Crippen LogP contribution < -0.4 is 0 Å². The largest absolute Gasteiger partial charge is 0.458 e. The van der Waals surface area contributed by atoms with E-state index >= 15 is 0 Å². The quantitative estimate of drug-likeness (QED) is 0.549. The third kappa shape index (κ3) is 4.29. The van der Waals surface area contributed by atoms with E-state index in [0.29, 0.717) is 0 Å². The van der Waals surface area contributed by atoms with Gasteiger partial charge in [0.1, 0.15) is 6.10 Å². The van der Waals surface area contributed by atoms with E-state index in [9.17, 15) is 4.79 Å². The van der Waals surface area contributed by atoms with Crippen LogP contribution in [0.25, 0.3) is 0 Å². The van der Waals surface area contributed by atoms with Gasteiger partial charge in [-0.2, -0.15) is 0 Å². The van der Waals surface area contributed by atoms with E-state index in [4.69, 9.17) is 5.11 Å². The molecule has 4 heteroatoms. The van der Waals surface area contributed by atoms with Crippen LogP contribution in [0.2, 0.25) is 0 Å². The smallest absolute Gasteiger partial charge is 0.303 e. The fraction of sp³-hybridized carbons (Fsp3) is 0.833. The molecule has 0 radical (unpaired) electrons. The fourth-order valence-corrected chi connectivity index (χ4v) is 0.545. The third-order valence-electron chi connectivity index (χ3n) is 0.889. The molecule has 0 aromatic rings. The van der Waals surface area contributed by atoms with Gasteiger partial charge < -0.3 is 14.6 Å². The van der Waals surface area contributed by atoms with Crippen LogP contribution in [0, 0.1) is 0 Å². The van der Waals surface area contributed by atoms with Gasteiger partial charge in [0.15, 0.2) is 0 Å². The minimum Gasteiger partial charge on any atom is -0.458 e. The summed E-state index contributed by atoms with van der Waals surface area (Å²) < 4.78 is 9.28. The Morgan fingerprint density at radius 3 is 2.60 bits per heavy atom. The van der Waals surface area contributed by atoms with Crippen molar-refractivity contribution in [2.24, 2.45) is 0 Å². The van der Waals surface area contributed by atoms with E-state index in [-0.39, 0.29) is 13.2 Å². The summed E-state index contributed by atoms with van der Waals surface area (Å²) in [5.41, 5.74) is 0. The SMILES string of the molecule is COCC(CO)OC(C)=O. The highest BCUT2D eigenvalue weighted by Gasteiger charge is 2.08. The maximum absolute atomic E-state index is 10.3. The van der Waals surface area contributed by atoms with Gasteiger partial charge in [-0.3, -0.25) is 4.79 Å². The lowest BCUT2D eigenvalue weighted by atomic mass is 10.4. The van der Waals surface area contributed by atoms with Crippen molar-refractivity contribution in [3.8, 4) is 0 Å². The van der Waals surface area contributed by atoms with E-state index in [0.717, 1.165) is 0 Å². The summed E-state index contributed by atoms with van der Waals surface area (Å²) in [7, 11) is 1.48. The first kappa shape index (κ1) is 9.39. The summed E-state index contributed by atoms with van der Waals surface area (Å²) in [5, 5.41) is 8.55. The van der Waals surface area contributed by atoms with Crippen molar-refractivity contribution >= 4 is 5.97 Å². The first-order valence-corrected chi connectivity index (χ1v) is 2.97. The number of esters is 1. The fourth-order valence-electron chi connectivity index (χ4n) is 0.545. The summed E-state index contributed by atoms with van der Waals surface area (Å²) in [6, 6.07) is 0. The van der Waals surface area contributed by atoms with Crippen LogP contribution in [0.4, 0.5) is 0 Å². The van der Waals surface area contributed by atoms with Gasteiger partial charge in [-0.15, -0.1) is 0 Å². The van der Waals surface area contributed by atoms with Gasteiger partial charge in [0.25, 0.3) is 0 Å². The predicted molar refractivity (Wildman–Crippen MR) is 34.5 cm³/mol. The second-order valence-electron chi connectivity index (χ2n) is 1.87. The molecule has 0 fully saturated rings. The molecule has 0 aliphatic carbocycles. The molecule has 0 bridgehead atoms. The normalized spacial score (nSPS) is 12.7. The Hall–Kier alpha value is -0.610. The highest BCUT2D eigenvalue weighted by molar-refractivity contribution is 5.66. The Morgan fingerprint density at radius 2 is 2.30 bits per heavy atom. The first-order chi connectivity index (χ1) is 4.70. The lowest BCUT2D eigenvalue weighted by Gasteiger charge is -2.11. The number of ether oxygens (including phenoxy) is 2. The molecule has 0 aliphatic rings. The molecular formula is C6H12O4. The Kier molecular flexibility index (Phi) is 4.88. The van der Waals surface area contributed by atoms with Gasteiger partial charge in [0.05, 0.1) is 13.2 Å².